The number of nitrogens with zero attached hydrogens (tertiary/aromatic N) is 1. The van der Waals surface area contributed by atoms with E-state index in [2.05, 4.69) is 10.3 Å². The number of rotatable bonds is 4. The number of allylic oxidation sites excluding steroid dienone is 2. The molecule has 1 unspecified atom stereocenters. The smallest absolute Gasteiger partial charge is 0.274 e. The van der Waals surface area contributed by atoms with Gasteiger partial charge in [-0.05, 0) is 19.3 Å². The molecule has 0 radical (unpaired) electrons. The van der Waals surface area contributed by atoms with E-state index >= 15 is 0 Å². The predicted octanol–water partition coefficient (Wildman–Crippen LogP) is 2.23. The Bertz CT molecular complexity index is 492. The van der Waals surface area contributed by atoms with E-state index in [1.165, 1.54) is 11.3 Å². The van der Waals surface area contributed by atoms with E-state index in [-0.39, 0.29) is 11.8 Å². The number of hydrogen-bond donors (Lipinski definition) is 3. The molecule has 0 aromatic carbocycles. The number of carbonyl (C=O) groups is 1. The molecule has 5 nitrogen and oxygen atoms in total. The Morgan fingerprint density at radius 3 is 3.00 bits per heavy atom. The van der Waals surface area contributed by atoms with Gasteiger partial charge in [-0.1, -0.05) is 6.08 Å². The van der Waals surface area contributed by atoms with Crippen LogP contribution in [0.2, 0.25) is 0 Å². The van der Waals surface area contributed by atoms with Crippen LogP contribution >= 0.6 is 11.3 Å². The Balaban J connectivity index is 1.93. The number of carbonyl (C=O) groups excluding carboxylic acids is 1. The van der Waals surface area contributed by atoms with E-state index in [1.54, 1.807) is 10.9 Å². The Kier molecular flexibility index (Phi) is 3.99. The topological polar surface area (TPSA) is 89.7 Å². The van der Waals surface area contributed by atoms with Gasteiger partial charge in [0.15, 0.2) is 0 Å². The molecule has 18 heavy (non-hydrogen) atoms. The van der Waals surface area contributed by atoms with Crippen molar-refractivity contribution in [2.45, 2.75) is 19.3 Å². The van der Waals surface area contributed by atoms with Crippen molar-refractivity contribution in [1.82, 2.24) is 10.3 Å². The molecule has 0 spiro atoms. The lowest BCUT2D eigenvalue weighted by Crippen LogP contribution is -2.27. The number of amides is 1. The number of aromatic nitrogens is 1. The highest BCUT2D eigenvalue weighted by molar-refractivity contribution is 7.07. The summed E-state index contributed by atoms with van der Waals surface area (Å²) in [5.74, 6) is -0.0643. The molecule has 1 aliphatic rings. The third kappa shape index (κ3) is 2.89. The van der Waals surface area contributed by atoms with E-state index in [4.69, 9.17) is 10.8 Å². The van der Waals surface area contributed by atoms with Gasteiger partial charge in [0.05, 0.1) is 11.2 Å². The van der Waals surface area contributed by atoms with Gasteiger partial charge in [0.2, 0.25) is 0 Å². The van der Waals surface area contributed by atoms with Crippen LogP contribution in [-0.2, 0) is 0 Å². The van der Waals surface area contributed by atoms with E-state index in [9.17, 15) is 4.79 Å². The zero-order chi connectivity index (χ0) is 13.0. The van der Waals surface area contributed by atoms with Crippen molar-refractivity contribution in [3.63, 3.8) is 0 Å². The van der Waals surface area contributed by atoms with Crippen molar-refractivity contribution in [2.24, 2.45) is 5.92 Å². The minimum Gasteiger partial charge on any atom is -0.325 e. The van der Waals surface area contributed by atoms with Crippen LogP contribution in [0.4, 0.5) is 0 Å². The van der Waals surface area contributed by atoms with Gasteiger partial charge in [-0.2, -0.15) is 0 Å². The third-order valence-corrected chi connectivity index (χ3v) is 3.53. The lowest BCUT2D eigenvalue weighted by atomic mass is 9.89. The molecule has 0 saturated carbocycles. The number of hydrogen-bond acceptors (Lipinski definition) is 5. The predicted molar refractivity (Wildman–Crippen MR) is 71.5 cm³/mol. The van der Waals surface area contributed by atoms with E-state index < -0.39 is 0 Å². The van der Waals surface area contributed by atoms with Crippen LogP contribution in [0.25, 0.3) is 0 Å². The van der Waals surface area contributed by atoms with Gasteiger partial charge in [0.1, 0.15) is 5.69 Å². The second-order valence-electron chi connectivity index (χ2n) is 4.13. The normalized spacial score (nSPS) is 18.9. The molecule has 1 aromatic heterocycles. The fraction of sp³-hybridized carbons (Fsp3) is 0.333. The first-order valence-electron chi connectivity index (χ1n) is 5.68. The second-order valence-corrected chi connectivity index (χ2v) is 4.85. The van der Waals surface area contributed by atoms with Gasteiger partial charge in [0.25, 0.3) is 5.91 Å². The Labute approximate surface area is 109 Å². The van der Waals surface area contributed by atoms with Crippen molar-refractivity contribution in [1.29, 1.82) is 10.8 Å². The number of thiazole rings is 1. The molecule has 0 fully saturated rings. The molecule has 2 rings (SSSR count). The zero-order valence-electron chi connectivity index (χ0n) is 9.77. The minimum absolute atomic E-state index is 0.113. The standard InChI is InChI=1S/C12H14N4OS/c13-5-10(14)8-1-3-9(4-2-8)16-12(17)11-6-18-7-15-11/h3,5-8,13-14H,1-2,4H2,(H,16,17). The average Bonchev–Trinajstić information content (AvgIpc) is 2.92. The molecule has 6 heteroatoms. The molecule has 1 amide bonds. The molecular weight excluding hydrogens is 248 g/mol. The molecule has 0 aliphatic heterocycles. The fourth-order valence-electron chi connectivity index (χ4n) is 1.88. The van der Waals surface area contributed by atoms with Gasteiger partial charge in [-0.25, -0.2) is 4.98 Å². The maximum absolute atomic E-state index is 11.8. The van der Waals surface area contributed by atoms with Crippen LogP contribution < -0.4 is 5.32 Å². The average molecular weight is 262 g/mol. The van der Waals surface area contributed by atoms with Crippen LogP contribution in [0, 0.1) is 16.7 Å². The first-order valence-corrected chi connectivity index (χ1v) is 6.62. The van der Waals surface area contributed by atoms with Crippen molar-refractivity contribution in [2.75, 3.05) is 0 Å². The summed E-state index contributed by atoms with van der Waals surface area (Å²) in [6.07, 6.45) is 5.28. The minimum atomic E-state index is -0.178. The summed E-state index contributed by atoms with van der Waals surface area (Å²) >= 11 is 1.39. The van der Waals surface area contributed by atoms with Crippen molar-refractivity contribution in [3.8, 4) is 0 Å². The van der Waals surface area contributed by atoms with Crippen LogP contribution in [0.5, 0.6) is 0 Å². The van der Waals surface area contributed by atoms with Crippen LogP contribution in [0.3, 0.4) is 0 Å². The van der Waals surface area contributed by atoms with Gasteiger partial charge < -0.3 is 16.1 Å². The van der Waals surface area contributed by atoms with E-state index in [0.29, 0.717) is 17.8 Å². The summed E-state index contributed by atoms with van der Waals surface area (Å²) in [7, 11) is 0. The van der Waals surface area contributed by atoms with E-state index in [1.807, 2.05) is 6.08 Å². The quantitative estimate of drug-likeness (QED) is 0.726. The summed E-state index contributed by atoms with van der Waals surface area (Å²) in [6.45, 7) is 0. The fourth-order valence-corrected chi connectivity index (χ4v) is 2.41. The largest absolute Gasteiger partial charge is 0.325 e. The van der Waals surface area contributed by atoms with Crippen molar-refractivity contribution >= 4 is 29.2 Å². The van der Waals surface area contributed by atoms with E-state index in [0.717, 1.165) is 24.8 Å². The lowest BCUT2D eigenvalue weighted by molar-refractivity contribution is 0.0959. The summed E-state index contributed by atoms with van der Waals surface area (Å²) in [4.78, 5) is 15.7. The zero-order valence-corrected chi connectivity index (χ0v) is 10.6. The Morgan fingerprint density at radius 1 is 1.61 bits per heavy atom. The highest BCUT2D eigenvalue weighted by Gasteiger charge is 2.19. The van der Waals surface area contributed by atoms with Crippen molar-refractivity contribution in [3.05, 3.63) is 28.4 Å². The first-order chi connectivity index (χ1) is 8.70. The monoisotopic (exact) mass is 262 g/mol. The van der Waals surface area contributed by atoms with Gasteiger partial charge in [-0.3, -0.25) is 4.79 Å². The summed E-state index contributed by atoms with van der Waals surface area (Å²) in [5, 5.41) is 19.2. The van der Waals surface area contributed by atoms with Gasteiger partial charge in [0, 0.05) is 23.2 Å². The molecule has 1 heterocycles. The maximum Gasteiger partial charge on any atom is 0.274 e. The second kappa shape index (κ2) is 5.68. The highest BCUT2D eigenvalue weighted by Crippen LogP contribution is 2.22. The number of nitrogens with one attached hydrogen (secondary N) is 3. The first kappa shape index (κ1) is 12.6. The lowest BCUT2D eigenvalue weighted by Gasteiger charge is -2.21. The van der Waals surface area contributed by atoms with Gasteiger partial charge >= 0.3 is 0 Å². The molecule has 1 atom stereocenters. The SMILES string of the molecule is N=CC(=N)C1CC=C(NC(=O)c2cscn2)CC1. The van der Waals surface area contributed by atoms with Crippen molar-refractivity contribution < 1.29 is 4.79 Å². The highest BCUT2D eigenvalue weighted by atomic mass is 32.1. The van der Waals surface area contributed by atoms with Crippen LogP contribution in [-0.4, -0.2) is 22.8 Å². The van der Waals surface area contributed by atoms with Gasteiger partial charge in [-0.15, -0.1) is 11.3 Å². The molecule has 3 N–H and O–H groups in total. The molecule has 0 saturated heterocycles. The Hall–Kier alpha value is -1.82. The summed E-state index contributed by atoms with van der Waals surface area (Å²) in [5.41, 5.74) is 3.32. The van der Waals surface area contributed by atoms with Crippen LogP contribution in [0.1, 0.15) is 29.8 Å². The Morgan fingerprint density at radius 2 is 2.44 bits per heavy atom. The molecule has 1 aromatic rings. The van der Waals surface area contributed by atoms with Crippen LogP contribution in [0.15, 0.2) is 22.7 Å². The molecular formula is C12H14N4OS. The maximum atomic E-state index is 11.8. The third-order valence-electron chi connectivity index (χ3n) is 2.95. The summed E-state index contributed by atoms with van der Waals surface area (Å²) < 4.78 is 0. The molecule has 94 valence electrons. The molecule has 0 bridgehead atoms. The molecule has 1 aliphatic carbocycles. The summed E-state index contributed by atoms with van der Waals surface area (Å²) in [6, 6.07) is 0.